The Balaban J connectivity index is 1.96. The summed E-state index contributed by atoms with van der Waals surface area (Å²) in [5.41, 5.74) is 0.0438. The fourth-order valence-corrected chi connectivity index (χ4v) is 2.82. The van der Waals surface area contributed by atoms with Gasteiger partial charge in [0.1, 0.15) is 11.5 Å². The van der Waals surface area contributed by atoms with E-state index in [9.17, 15) is 14.5 Å². The normalized spacial score (nSPS) is 10.4. The number of nitrogens with zero attached hydrogens (tertiary/aromatic N) is 1. The lowest BCUT2D eigenvalue weighted by Gasteiger charge is -2.08. The van der Waals surface area contributed by atoms with Crippen LogP contribution >= 0.6 is 27.7 Å². The number of anilines is 1. The zero-order chi connectivity index (χ0) is 15.2. The van der Waals surface area contributed by atoms with Crippen LogP contribution in [0.5, 0.6) is 0 Å². The Morgan fingerprint density at radius 2 is 2.00 bits per heavy atom. The molecule has 0 amide bonds. The molecule has 2 rings (SSSR count). The molecule has 0 heterocycles. The summed E-state index contributed by atoms with van der Waals surface area (Å²) in [5.74, 6) is 0.192. The summed E-state index contributed by atoms with van der Waals surface area (Å²) in [5, 5.41) is 13.9. The number of nitro groups is 1. The maximum absolute atomic E-state index is 13.5. The molecule has 110 valence electrons. The van der Waals surface area contributed by atoms with Crippen LogP contribution < -0.4 is 5.32 Å². The fraction of sp³-hybridized carbons (Fsp3) is 0.143. The number of hydrogen-bond donors (Lipinski definition) is 1. The van der Waals surface area contributed by atoms with Crippen LogP contribution in [0.3, 0.4) is 0 Å². The first-order valence-electron chi connectivity index (χ1n) is 6.13. The predicted molar refractivity (Wildman–Crippen MR) is 86.4 cm³/mol. The van der Waals surface area contributed by atoms with E-state index in [0.717, 1.165) is 16.7 Å². The molecule has 21 heavy (non-hydrogen) atoms. The van der Waals surface area contributed by atoms with Crippen LogP contribution in [0.15, 0.2) is 51.8 Å². The van der Waals surface area contributed by atoms with Gasteiger partial charge in [0.15, 0.2) is 0 Å². The van der Waals surface area contributed by atoms with E-state index in [1.807, 2.05) is 30.3 Å². The number of hydrogen-bond acceptors (Lipinski definition) is 4. The van der Waals surface area contributed by atoms with Crippen molar-refractivity contribution in [2.75, 3.05) is 17.6 Å². The summed E-state index contributed by atoms with van der Waals surface area (Å²) in [6.45, 7) is 0.501. The minimum Gasteiger partial charge on any atom is -0.379 e. The SMILES string of the molecule is O=[N+]([O-])c1cc(Br)c(F)cc1NCCSc1ccccc1. The number of halogens is 2. The molecule has 0 aliphatic rings. The highest BCUT2D eigenvalue weighted by Gasteiger charge is 2.17. The van der Waals surface area contributed by atoms with Gasteiger partial charge in [0.25, 0.3) is 5.69 Å². The van der Waals surface area contributed by atoms with Gasteiger partial charge in [0.05, 0.1) is 9.40 Å². The molecule has 0 aliphatic carbocycles. The lowest BCUT2D eigenvalue weighted by atomic mass is 10.2. The molecular formula is C14H12BrFN2O2S. The van der Waals surface area contributed by atoms with E-state index in [0.29, 0.717) is 6.54 Å². The third-order valence-corrected chi connectivity index (χ3v) is 4.29. The molecule has 0 saturated carbocycles. The third-order valence-electron chi connectivity index (χ3n) is 2.66. The zero-order valence-corrected chi connectivity index (χ0v) is 13.3. The van der Waals surface area contributed by atoms with Crippen molar-refractivity contribution >= 4 is 39.1 Å². The fourth-order valence-electron chi connectivity index (χ4n) is 1.70. The Morgan fingerprint density at radius 1 is 1.29 bits per heavy atom. The molecule has 0 atom stereocenters. The van der Waals surface area contributed by atoms with Crippen LogP contribution in [0.25, 0.3) is 0 Å². The molecule has 1 N–H and O–H groups in total. The number of nitro benzene ring substituents is 1. The van der Waals surface area contributed by atoms with Crippen LogP contribution in [0.4, 0.5) is 15.8 Å². The summed E-state index contributed by atoms with van der Waals surface area (Å²) in [7, 11) is 0. The Labute approximate surface area is 134 Å². The number of thioether (sulfide) groups is 1. The maximum atomic E-state index is 13.5. The molecule has 0 unspecified atom stereocenters. The van der Waals surface area contributed by atoms with Gasteiger partial charge in [0, 0.05) is 29.3 Å². The van der Waals surface area contributed by atoms with Crippen LogP contribution in [0.2, 0.25) is 0 Å². The Bertz CT molecular complexity index is 640. The number of benzene rings is 2. The second-order valence-corrected chi connectivity index (χ2v) is 6.15. The lowest BCUT2D eigenvalue weighted by molar-refractivity contribution is -0.384. The molecule has 0 radical (unpaired) electrons. The molecular weight excluding hydrogens is 359 g/mol. The van der Waals surface area contributed by atoms with Gasteiger partial charge in [-0.25, -0.2) is 4.39 Å². The highest BCUT2D eigenvalue weighted by atomic mass is 79.9. The smallest absolute Gasteiger partial charge is 0.293 e. The van der Waals surface area contributed by atoms with E-state index in [-0.39, 0.29) is 15.8 Å². The molecule has 4 nitrogen and oxygen atoms in total. The van der Waals surface area contributed by atoms with Gasteiger partial charge in [-0.1, -0.05) is 18.2 Å². The van der Waals surface area contributed by atoms with Crippen molar-refractivity contribution in [2.24, 2.45) is 0 Å². The summed E-state index contributed by atoms with van der Waals surface area (Å²) in [6, 6.07) is 12.1. The lowest BCUT2D eigenvalue weighted by Crippen LogP contribution is -2.07. The highest BCUT2D eigenvalue weighted by Crippen LogP contribution is 2.30. The van der Waals surface area contributed by atoms with Gasteiger partial charge in [-0.05, 0) is 28.1 Å². The second kappa shape index (κ2) is 7.42. The standard InChI is InChI=1S/C14H12BrFN2O2S/c15-11-8-14(18(19)20)13(9-12(11)16)17-6-7-21-10-4-2-1-3-5-10/h1-5,8-9,17H,6-7H2. The molecule has 2 aromatic carbocycles. The largest absolute Gasteiger partial charge is 0.379 e. The summed E-state index contributed by atoms with van der Waals surface area (Å²) in [6.07, 6.45) is 0. The van der Waals surface area contributed by atoms with E-state index in [2.05, 4.69) is 21.2 Å². The van der Waals surface area contributed by atoms with Crippen molar-refractivity contribution in [2.45, 2.75) is 4.90 Å². The van der Waals surface area contributed by atoms with Gasteiger partial charge in [-0.2, -0.15) is 0 Å². The minimum absolute atomic E-state index is 0.0819. The zero-order valence-electron chi connectivity index (χ0n) is 10.9. The monoisotopic (exact) mass is 370 g/mol. The molecule has 7 heteroatoms. The third kappa shape index (κ3) is 4.44. The summed E-state index contributed by atoms with van der Waals surface area (Å²) >= 11 is 4.58. The number of nitrogens with one attached hydrogen (secondary N) is 1. The second-order valence-electron chi connectivity index (χ2n) is 4.13. The Morgan fingerprint density at radius 3 is 2.67 bits per heavy atom. The van der Waals surface area contributed by atoms with Crippen molar-refractivity contribution in [1.82, 2.24) is 0 Å². The first kappa shape index (κ1) is 15.8. The van der Waals surface area contributed by atoms with E-state index in [4.69, 9.17) is 0 Å². The van der Waals surface area contributed by atoms with Crippen LogP contribution in [-0.2, 0) is 0 Å². The highest BCUT2D eigenvalue weighted by molar-refractivity contribution is 9.10. The molecule has 2 aromatic rings. The first-order valence-corrected chi connectivity index (χ1v) is 7.91. The molecule has 0 saturated heterocycles. The van der Waals surface area contributed by atoms with Crippen molar-refractivity contribution in [3.8, 4) is 0 Å². The van der Waals surface area contributed by atoms with Crippen LogP contribution in [-0.4, -0.2) is 17.2 Å². The molecule has 0 aromatic heterocycles. The van der Waals surface area contributed by atoms with Crippen molar-refractivity contribution < 1.29 is 9.31 Å². The van der Waals surface area contributed by atoms with Gasteiger partial charge >= 0.3 is 0 Å². The van der Waals surface area contributed by atoms with Gasteiger partial charge in [0.2, 0.25) is 0 Å². The predicted octanol–water partition coefficient (Wildman–Crippen LogP) is 4.70. The van der Waals surface area contributed by atoms with Crippen LogP contribution in [0.1, 0.15) is 0 Å². The molecule has 0 aliphatic heterocycles. The molecule has 0 fully saturated rings. The van der Waals surface area contributed by atoms with E-state index < -0.39 is 10.7 Å². The quantitative estimate of drug-likeness (QED) is 0.346. The molecule has 0 spiro atoms. The Kier molecular flexibility index (Phi) is 5.58. The van der Waals surface area contributed by atoms with E-state index in [1.54, 1.807) is 11.8 Å². The topological polar surface area (TPSA) is 55.2 Å². The maximum Gasteiger partial charge on any atom is 0.293 e. The average molecular weight is 371 g/mol. The average Bonchev–Trinajstić information content (AvgIpc) is 2.47. The van der Waals surface area contributed by atoms with Gasteiger partial charge in [-0.15, -0.1) is 11.8 Å². The van der Waals surface area contributed by atoms with Gasteiger partial charge < -0.3 is 5.32 Å². The van der Waals surface area contributed by atoms with Crippen molar-refractivity contribution in [1.29, 1.82) is 0 Å². The van der Waals surface area contributed by atoms with E-state index >= 15 is 0 Å². The number of rotatable bonds is 6. The summed E-state index contributed by atoms with van der Waals surface area (Å²) in [4.78, 5) is 11.5. The minimum atomic E-state index is -0.531. The van der Waals surface area contributed by atoms with Gasteiger partial charge in [-0.3, -0.25) is 10.1 Å². The van der Waals surface area contributed by atoms with E-state index in [1.165, 1.54) is 6.07 Å². The Hall–Kier alpha value is -1.60. The molecule has 0 bridgehead atoms. The van der Waals surface area contributed by atoms with Crippen molar-refractivity contribution in [3.63, 3.8) is 0 Å². The van der Waals surface area contributed by atoms with Crippen molar-refractivity contribution in [3.05, 3.63) is 62.9 Å². The first-order chi connectivity index (χ1) is 10.1. The summed E-state index contributed by atoms with van der Waals surface area (Å²) < 4.78 is 13.6. The van der Waals surface area contributed by atoms with Crippen LogP contribution in [0, 0.1) is 15.9 Å².